The Morgan fingerprint density at radius 3 is 2.86 bits per heavy atom. The van der Waals surface area contributed by atoms with Crippen LogP contribution in [0.5, 0.6) is 0 Å². The zero-order valence-corrected chi connectivity index (χ0v) is 12.6. The summed E-state index contributed by atoms with van der Waals surface area (Å²) in [6.45, 7) is 0.954. The minimum atomic E-state index is 0.590. The van der Waals surface area contributed by atoms with Gasteiger partial charge in [0, 0.05) is 23.7 Å². The molecule has 0 unspecified atom stereocenters. The van der Waals surface area contributed by atoms with E-state index < -0.39 is 0 Å². The topological polar surface area (TPSA) is 17.8 Å². The first kappa shape index (κ1) is 12.2. The molecule has 0 fully saturated rings. The smallest absolute Gasteiger partial charge is 0.153 e. The number of aromatic nitrogens is 2. The van der Waals surface area contributed by atoms with E-state index in [1.807, 2.05) is 6.07 Å². The summed E-state index contributed by atoms with van der Waals surface area (Å²) < 4.78 is 2.32. The fraction of sp³-hybridized carbons (Fsp3) is 0.105. The van der Waals surface area contributed by atoms with Crippen molar-refractivity contribution in [3.8, 4) is 11.3 Å². The highest BCUT2D eigenvalue weighted by Gasteiger charge is 2.22. The van der Waals surface area contributed by atoms with Gasteiger partial charge in [0.1, 0.15) is 0 Å². The van der Waals surface area contributed by atoms with Gasteiger partial charge in [-0.3, -0.25) is 0 Å². The molecule has 0 saturated carbocycles. The molecule has 5 rings (SSSR count). The third kappa shape index (κ3) is 1.53. The fourth-order valence-electron chi connectivity index (χ4n) is 3.67. The zero-order valence-electron chi connectivity index (χ0n) is 11.9. The number of hydrogen-bond donors (Lipinski definition) is 0. The van der Waals surface area contributed by atoms with Crippen LogP contribution in [-0.4, -0.2) is 9.55 Å². The molecule has 0 aliphatic carbocycles. The van der Waals surface area contributed by atoms with Crippen LogP contribution in [0.2, 0.25) is 5.15 Å². The Kier molecular flexibility index (Phi) is 2.42. The summed E-state index contributed by atoms with van der Waals surface area (Å²) in [5.41, 5.74) is 5.07. The Labute approximate surface area is 133 Å². The van der Waals surface area contributed by atoms with E-state index in [1.165, 1.54) is 27.6 Å². The van der Waals surface area contributed by atoms with Crippen LogP contribution in [0, 0.1) is 0 Å². The molecule has 0 amide bonds. The van der Waals surface area contributed by atoms with Crippen LogP contribution in [0.25, 0.3) is 32.9 Å². The van der Waals surface area contributed by atoms with Gasteiger partial charge in [0.05, 0.1) is 11.2 Å². The summed E-state index contributed by atoms with van der Waals surface area (Å²) in [5, 5.41) is 4.35. The van der Waals surface area contributed by atoms with E-state index in [1.54, 1.807) is 6.20 Å². The molecule has 3 heterocycles. The van der Waals surface area contributed by atoms with Crippen molar-refractivity contribution >= 4 is 33.3 Å². The van der Waals surface area contributed by atoms with Crippen molar-refractivity contribution in [1.29, 1.82) is 0 Å². The summed E-state index contributed by atoms with van der Waals surface area (Å²) in [6, 6.07) is 17.4. The number of rotatable bonds is 0. The number of fused-ring (bicyclic) bond motifs is 7. The van der Waals surface area contributed by atoms with Gasteiger partial charge in [-0.15, -0.1) is 0 Å². The zero-order chi connectivity index (χ0) is 14.7. The second kappa shape index (κ2) is 4.34. The summed E-state index contributed by atoms with van der Waals surface area (Å²) in [4.78, 5) is 4.25. The minimum Gasteiger partial charge on any atom is -0.338 e. The van der Waals surface area contributed by atoms with Crippen molar-refractivity contribution in [3.63, 3.8) is 0 Å². The monoisotopic (exact) mass is 304 g/mol. The lowest BCUT2D eigenvalue weighted by atomic mass is 9.92. The van der Waals surface area contributed by atoms with Crippen LogP contribution in [-0.2, 0) is 13.0 Å². The highest BCUT2D eigenvalue weighted by Crippen LogP contribution is 2.40. The maximum absolute atomic E-state index is 6.35. The van der Waals surface area contributed by atoms with Gasteiger partial charge < -0.3 is 4.57 Å². The van der Waals surface area contributed by atoms with E-state index in [0.29, 0.717) is 5.15 Å². The number of benzene rings is 2. The molecule has 0 saturated heterocycles. The summed E-state index contributed by atoms with van der Waals surface area (Å²) in [7, 11) is 0. The van der Waals surface area contributed by atoms with Crippen LogP contribution < -0.4 is 0 Å². The van der Waals surface area contributed by atoms with Crippen LogP contribution in [0.3, 0.4) is 0 Å². The lowest BCUT2D eigenvalue weighted by Crippen LogP contribution is -2.10. The Morgan fingerprint density at radius 1 is 1.00 bits per heavy atom. The van der Waals surface area contributed by atoms with Gasteiger partial charge in [0.2, 0.25) is 0 Å². The highest BCUT2D eigenvalue weighted by molar-refractivity contribution is 6.34. The van der Waals surface area contributed by atoms with Gasteiger partial charge in [-0.1, -0.05) is 48.0 Å². The van der Waals surface area contributed by atoms with Crippen molar-refractivity contribution in [2.24, 2.45) is 0 Å². The summed E-state index contributed by atoms with van der Waals surface area (Å²) in [6.07, 6.45) is 2.81. The van der Waals surface area contributed by atoms with Gasteiger partial charge in [0.25, 0.3) is 0 Å². The molecule has 1 aliphatic rings. The molecule has 106 valence electrons. The van der Waals surface area contributed by atoms with E-state index in [9.17, 15) is 0 Å². The summed E-state index contributed by atoms with van der Waals surface area (Å²) >= 11 is 6.35. The number of hydrogen-bond acceptors (Lipinski definition) is 1. The van der Waals surface area contributed by atoms with Crippen LogP contribution in [0.4, 0.5) is 0 Å². The van der Waals surface area contributed by atoms with E-state index in [0.717, 1.165) is 23.9 Å². The molecule has 0 atom stereocenters. The van der Waals surface area contributed by atoms with Gasteiger partial charge in [0.15, 0.2) is 5.15 Å². The number of halogens is 1. The molecule has 2 aromatic heterocycles. The van der Waals surface area contributed by atoms with Gasteiger partial charge >= 0.3 is 0 Å². The fourth-order valence-corrected chi connectivity index (χ4v) is 3.94. The number of pyridine rings is 1. The maximum Gasteiger partial charge on any atom is 0.153 e. The molecule has 0 N–H and O–H groups in total. The normalized spacial score (nSPS) is 13.3. The third-order valence-corrected chi connectivity index (χ3v) is 4.92. The Balaban J connectivity index is 1.96. The predicted molar refractivity (Wildman–Crippen MR) is 91.4 cm³/mol. The Bertz CT molecular complexity index is 1050. The first-order chi connectivity index (χ1) is 10.8. The van der Waals surface area contributed by atoms with Crippen molar-refractivity contribution in [2.45, 2.75) is 13.0 Å². The molecular weight excluding hydrogens is 292 g/mol. The van der Waals surface area contributed by atoms with Crippen molar-refractivity contribution in [3.05, 3.63) is 65.4 Å². The SMILES string of the molecule is Clc1nccc2cc3n(c12)CCc1ccc2ccccc2c1-3. The molecule has 3 heteroatoms. The van der Waals surface area contributed by atoms with Crippen LogP contribution in [0.1, 0.15) is 5.56 Å². The van der Waals surface area contributed by atoms with Crippen LogP contribution in [0.15, 0.2) is 54.7 Å². The molecule has 2 aromatic carbocycles. The van der Waals surface area contributed by atoms with E-state index >= 15 is 0 Å². The van der Waals surface area contributed by atoms with Gasteiger partial charge in [-0.05, 0) is 34.9 Å². The standard InChI is InChI=1S/C19H13ClN2/c20-19-18-14(7-9-21-19)11-16-17-13(8-10-22(16)18)6-5-12-3-1-2-4-15(12)17/h1-7,9,11H,8,10H2. The third-order valence-electron chi connectivity index (χ3n) is 4.64. The second-order valence-corrected chi connectivity index (χ2v) is 6.15. The second-order valence-electron chi connectivity index (χ2n) is 5.79. The minimum absolute atomic E-state index is 0.590. The molecular formula is C19H13ClN2. The van der Waals surface area contributed by atoms with Gasteiger partial charge in [-0.25, -0.2) is 4.98 Å². The van der Waals surface area contributed by atoms with Crippen molar-refractivity contribution in [2.75, 3.05) is 0 Å². The average Bonchev–Trinajstić information content (AvgIpc) is 2.94. The maximum atomic E-state index is 6.35. The molecule has 22 heavy (non-hydrogen) atoms. The van der Waals surface area contributed by atoms with Crippen LogP contribution >= 0.6 is 11.6 Å². The first-order valence-corrected chi connectivity index (χ1v) is 7.85. The average molecular weight is 305 g/mol. The number of nitrogens with zero attached hydrogens (tertiary/aromatic N) is 2. The lowest BCUT2D eigenvalue weighted by Gasteiger charge is -2.22. The van der Waals surface area contributed by atoms with E-state index in [-0.39, 0.29) is 0 Å². The molecule has 1 aliphatic heterocycles. The molecule has 0 radical (unpaired) electrons. The molecule has 0 spiro atoms. The van der Waals surface area contributed by atoms with Crippen molar-refractivity contribution < 1.29 is 0 Å². The van der Waals surface area contributed by atoms with E-state index in [2.05, 4.69) is 52.0 Å². The van der Waals surface area contributed by atoms with E-state index in [4.69, 9.17) is 11.6 Å². The quantitative estimate of drug-likeness (QED) is 0.415. The summed E-state index contributed by atoms with van der Waals surface area (Å²) in [5.74, 6) is 0. The lowest BCUT2D eigenvalue weighted by molar-refractivity contribution is 0.710. The molecule has 0 bridgehead atoms. The predicted octanol–water partition coefficient (Wildman–Crippen LogP) is 5.07. The Morgan fingerprint density at radius 2 is 1.91 bits per heavy atom. The number of aryl methyl sites for hydroxylation is 2. The van der Waals surface area contributed by atoms with Crippen molar-refractivity contribution in [1.82, 2.24) is 9.55 Å². The molecule has 2 nitrogen and oxygen atoms in total. The van der Waals surface area contributed by atoms with Gasteiger partial charge in [-0.2, -0.15) is 0 Å². The highest BCUT2D eigenvalue weighted by atomic mass is 35.5. The first-order valence-electron chi connectivity index (χ1n) is 7.48. The molecule has 4 aromatic rings. The Hall–Kier alpha value is -2.32. The largest absolute Gasteiger partial charge is 0.338 e.